The van der Waals surface area contributed by atoms with Crippen LogP contribution in [0.4, 0.5) is 4.79 Å². The molecule has 0 aliphatic carbocycles. The summed E-state index contributed by atoms with van der Waals surface area (Å²) in [7, 11) is 0. The molecule has 0 atom stereocenters. The predicted octanol–water partition coefficient (Wildman–Crippen LogP) is -0.836. The number of hydrogen-bond donors (Lipinski definition) is 5. The van der Waals surface area contributed by atoms with Gasteiger partial charge >= 0.3 is 6.03 Å². The number of rotatable bonds is 4. The normalized spacial score (nSPS) is 9.24. The Bertz CT molecular complexity index is 326. The highest BCUT2D eigenvalue weighted by Gasteiger charge is 2.08. The molecule has 0 aromatic heterocycles. The number of nitrogens with one attached hydrogen (secondary N) is 3. The van der Waals surface area contributed by atoms with Gasteiger partial charge in [-0.2, -0.15) is 4.99 Å². The van der Waals surface area contributed by atoms with Gasteiger partial charge in [0, 0.05) is 6.54 Å². The Kier molecular flexibility index (Phi) is 7.52. The van der Waals surface area contributed by atoms with E-state index in [0.29, 0.717) is 6.54 Å². The minimum atomic E-state index is -0.550. The summed E-state index contributed by atoms with van der Waals surface area (Å²) in [6, 6.07) is -0.550. The van der Waals surface area contributed by atoms with E-state index in [-0.39, 0.29) is 16.9 Å². The minimum Gasteiger partial charge on any atom is -0.370 e. The van der Waals surface area contributed by atoms with Crippen LogP contribution in [0.25, 0.3) is 0 Å². The molecule has 0 radical (unpaired) electrons. The Morgan fingerprint density at radius 3 is 2.59 bits per heavy atom. The van der Waals surface area contributed by atoms with Crippen molar-refractivity contribution in [1.29, 1.82) is 5.41 Å². The number of guanidine groups is 1. The molecule has 0 aromatic rings. The third-order valence-electron chi connectivity index (χ3n) is 1.36. The largest absolute Gasteiger partial charge is 0.370 e. The molecule has 0 saturated heterocycles. The molecular weight excluding hydrogens is 244 g/mol. The van der Waals surface area contributed by atoms with Crippen LogP contribution in [-0.4, -0.2) is 35.4 Å². The van der Waals surface area contributed by atoms with Crippen LogP contribution >= 0.6 is 11.8 Å². The van der Waals surface area contributed by atoms with E-state index in [2.05, 4.69) is 15.6 Å². The molecule has 17 heavy (non-hydrogen) atoms. The van der Waals surface area contributed by atoms with E-state index in [1.807, 2.05) is 6.92 Å². The maximum atomic E-state index is 11.2. The lowest BCUT2D eigenvalue weighted by Crippen LogP contribution is -2.40. The van der Waals surface area contributed by atoms with Gasteiger partial charge in [-0.1, -0.05) is 18.7 Å². The lowest BCUT2D eigenvalue weighted by Gasteiger charge is -2.04. The van der Waals surface area contributed by atoms with Gasteiger partial charge in [-0.3, -0.25) is 15.5 Å². The molecule has 3 amide bonds. The molecule has 0 rings (SSSR count). The molecule has 9 heteroatoms. The number of amides is 3. The number of carbonyl (C=O) groups excluding carboxylic acids is 2. The van der Waals surface area contributed by atoms with Gasteiger partial charge < -0.3 is 16.8 Å². The van der Waals surface area contributed by atoms with Gasteiger partial charge in [0.1, 0.15) is 0 Å². The first-order valence-corrected chi connectivity index (χ1v) is 5.83. The van der Waals surface area contributed by atoms with Gasteiger partial charge in [-0.15, -0.1) is 0 Å². The predicted molar refractivity (Wildman–Crippen MR) is 67.8 cm³/mol. The average molecular weight is 260 g/mol. The SMILES string of the molecule is CCCNC(=O)NC(=O)CSC(=N)N=C(N)N. The van der Waals surface area contributed by atoms with Gasteiger partial charge in [0.05, 0.1) is 5.75 Å². The van der Waals surface area contributed by atoms with Crippen molar-refractivity contribution in [1.82, 2.24) is 10.6 Å². The number of hydrogen-bond acceptors (Lipinski definition) is 4. The Labute approximate surface area is 103 Å². The number of thioether (sulfide) groups is 1. The molecule has 0 spiro atoms. The van der Waals surface area contributed by atoms with Crippen LogP contribution < -0.4 is 22.1 Å². The summed E-state index contributed by atoms with van der Waals surface area (Å²) in [6.07, 6.45) is 0.783. The second-order valence-electron chi connectivity index (χ2n) is 2.93. The molecule has 0 aromatic carbocycles. The third-order valence-corrected chi connectivity index (χ3v) is 2.13. The quantitative estimate of drug-likeness (QED) is 0.330. The number of imide groups is 1. The van der Waals surface area contributed by atoms with Gasteiger partial charge in [-0.25, -0.2) is 4.79 Å². The van der Waals surface area contributed by atoms with Crippen molar-refractivity contribution in [3.05, 3.63) is 0 Å². The van der Waals surface area contributed by atoms with Gasteiger partial charge in [0.15, 0.2) is 11.1 Å². The average Bonchev–Trinajstić information content (AvgIpc) is 2.22. The molecule has 0 heterocycles. The molecule has 7 N–H and O–H groups in total. The van der Waals surface area contributed by atoms with E-state index in [0.717, 1.165) is 18.2 Å². The van der Waals surface area contributed by atoms with Gasteiger partial charge in [0.2, 0.25) is 5.91 Å². The molecule has 0 unspecified atom stereocenters. The fourth-order valence-corrected chi connectivity index (χ4v) is 1.24. The van der Waals surface area contributed by atoms with Crippen LogP contribution in [0.3, 0.4) is 0 Å². The third kappa shape index (κ3) is 9.18. The maximum Gasteiger partial charge on any atom is 0.321 e. The lowest BCUT2D eigenvalue weighted by molar-refractivity contribution is -0.117. The van der Waals surface area contributed by atoms with Crippen LogP contribution in [0, 0.1) is 5.41 Å². The first kappa shape index (κ1) is 15.2. The Morgan fingerprint density at radius 2 is 2.06 bits per heavy atom. The molecule has 0 aliphatic rings. The Morgan fingerprint density at radius 1 is 1.41 bits per heavy atom. The van der Waals surface area contributed by atoms with Crippen molar-refractivity contribution >= 4 is 34.8 Å². The van der Waals surface area contributed by atoms with Crippen molar-refractivity contribution in [3.63, 3.8) is 0 Å². The smallest absolute Gasteiger partial charge is 0.321 e. The highest BCUT2D eigenvalue weighted by Crippen LogP contribution is 2.02. The number of amidine groups is 1. The first-order chi connectivity index (χ1) is 7.95. The Hall–Kier alpha value is -1.77. The topological polar surface area (TPSA) is 146 Å². The molecule has 0 fully saturated rings. The van der Waals surface area contributed by atoms with Crippen LogP contribution in [0.5, 0.6) is 0 Å². The maximum absolute atomic E-state index is 11.2. The highest BCUT2D eigenvalue weighted by atomic mass is 32.2. The second kappa shape index (κ2) is 8.39. The summed E-state index contributed by atoms with van der Waals surface area (Å²) >= 11 is 0.822. The summed E-state index contributed by atoms with van der Waals surface area (Å²) in [5.74, 6) is -0.863. The van der Waals surface area contributed by atoms with Crippen molar-refractivity contribution < 1.29 is 9.59 Å². The van der Waals surface area contributed by atoms with Crippen LogP contribution in [-0.2, 0) is 4.79 Å². The second-order valence-corrected chi connectivity index (χ2v) is 3.90. The van der Waals surface area contributed by atoms with E-state index in [4.69, 9.17) is 16.9 Å². The van der Waals surface area contributed by atoms with Crippen molar-refractivity contribution in [2.75, 3.05) is 12.3 Å². The van der Waals surface area contributed by atoms with Gasteiger partial charge in [-0.05, 0) is 6.42 Å². The molecule has 0 saturated carbocycles. The van der Waals surface area contributed by atoms with E-state index in [1.165, 1.54) is 0 Å². The monoisotopic (exact) mass is 260 g/mol. The highest BCUT2D eigenvalue weighted by molar-refractivity contribution is 8.14. The Balaban J connectivity index is 3.84. The first-order valence-electron chi connectivity index (χ1n) is 4.84. The molecular formula is C8H16N6O2S. The standard InChI is InChI=1S/C8H16N6O2S/c1-2-3-12-8(16)13-5(15)4-17-7(11)14-6(9)10/h2-4H2,1H3,(H5,9,10,11,14)(H2,12,13,15,16). The van der Waals surface area contributed by atoms with Crippen LogP contribution in [0.15, 0.2) is 4.99 Å². The van der Waals surface area contributed by atoms with Crippen LogP contribution in [0.2, 0.25) is 0 Å². The van der Waals surface area contributed by atoms with E-state index < -0.39 is 11.9 Å². The van der Waals surface area contributed by atoms with E-state index >= 15 is 0 Å². The zero-order valence-electron chi connectivity index (χ0n) is 9.45. The fraction of sp³-hybridized carbons (Fsp3) is 0.500. The molecule has 0 aliphatic heterocycles. The molecule has 0 bridgehead atoms. The van der Waals surface area contributed by atoms with E-state index in [1.54, 1.807) is 0 Å². The summed E-state index contributed by atoms with van der Waals surface area (Å²) in [6.45, 7) is 2.39. The molecule has 96 valence electrons. The van der Waals surface area contributed by atoms with Crippen molar-refractivity contribution in [2.24, 2.45) is 16.5 Å². The summed E-state index contributed by atoms with van der Waals surface area (Å²) in [5, 5.41) is 11.6. The van der Waals surface area contributed by atoms with Crippen LogP contribution in [0.1, 0.15) is 13.3 Å². The number of nitrogens with two attached hydrogens (primary N) is 2. The van der Waals surface area contributed by atoms with E-state index in [9.17, 15) is 9.59 Å². The fourth-order valence-electron chi connectivity index (χ4n) is 0.729. The summed E-state index contributed by atoms with van der Waals surface area (Å²) in [4.78, 5) is 25.7. The summed E-state index contributed by atoms with van der Waals surface area (Å²) < 4.78 is 0. The van der Waals surface area contributed by atoms with Gasteiger partial charge in [0.25, 0.3) is 0 Å². The summed E-state index contributed by atoms with van der Waals surface area (Å²) in [5.41, 5.74) is 10.1. The zero-order valence-corrected chi connectivity index (χ0v) is 10.3. The zero-order chi connectivity index (χ0) is 13.3. The number of urea groups is 1. The number of aliphatic imine (C=N–C) groups is 1. The molecule has 8 nitrogen and oxygen atoms in total. The lowest BCUT2D eigenvalue weighted by atomic mass is 10.5. The van der Waals surface area contributed by atoms with Crippen molar-refractivity contribution in [3.8, 4) is 0 Å². The number of carbonyl (C=O) groups is 2. The van der Waals surface area contributed by atoms with Crippen molar-refractivity contribution in [2.45, 2.75) is 13.3 Å². The minimum absolute atomic E-state index is 0.102. The number of nitrogens with zero attached hydrogens (tertiary/aromatic N) is 1.